The molecular weight excluding hydrogens is 598 g/mol. The van der Waals surface area contributed by atoms with Crippen LogP contribution < -0.4 is 0 Å². The van der Waals surface area contributed by atoms with Crippen molar-refractivity contribution in [2.75, 3.05) is 6.61 Å². The lowest BCUT2D eigenvalue weighted by atomic mass is 9.81. The van der Waals surface area contributed by atoms with Gasteiger partial charge in [0, 0.05) is 11.1 Å². The molecule has 0 spiro atoms. The SMILES string of the molecule is O=C(O)C1CC(n2cc(-c3cccc(F)c3)nn2)[C@@H](O)[C@H](O[C@@H]2OC(CO)[C@H](O)[C@H](n3cc(-c4cccc(F)c4)nn3)C2O)C1. The second-order valence-electron chi connectivity index (χ2n) is 11.1. The lowest BCUT2D eigenvalue weighted by molar-refractivity contribution is -0.310. The van der Waals surface area contributed by atoms with Crippen molar-refractivity contribution in [3.63, 3.8) is 0 Å². The Morgan fingerprint density at radius 1 is 0.889 bits per heavy atom. The number of rotatable bonds is 8. The van der Waals surface area contributed by atoms with Crippen LogP contribution in [-0.4, -0.2) is 105 Å². The summed E-state index contributed by atoms with van der Waals surface area (Å²) in [5, 5.41) is 69.6. The number of hydrogen-bond acceptors (Lipinski definition) is 11. The van der Waals surface area contributed by atoms with Gasteiger partial charge in [-0.15, -0.1) is 10.2 Å². The predicted molar refractivity (Wildman–Crippen MR) is 148 cm³/mol. The van der Waals surface area contributed by atoms with Crippen molar-refractivity contribution in [3.05, 3.63) is 72.6 Å². The maximum atomic E-state index is 13.8. The maximum absolute atomic E-state index is 13.8. The number of carboxylic acid groups (broad SMARTS) is 1. The molecular formula is C29H30F2N6O8. The topological polar surface area (TPSA) is 198 Å². The first kappa shape index (κ1) is 30.8. The van der Waals surface area contributed by atoms with Gasteiger partial charge >= 0.3 is 5.97 Å². The summed E-state index contributed by atoms with van der Waals surface area (Å²) in [6.45, 7) is -0.675. The standard InChI is InChI=1S/C29H30F2N6O8/c30-17-5-1-3-14(7-17)19-11-36(34-32-19)21-9-16(28(42)43)10-22(25(21)39)44-29-27(41)24(26(40)23(13-38)45-29)37-12-20(33-35-37)15-4-2-6-18(31)8-15/h1-8,11-12,16,21-27,29,38-41H,9-10,13H2,(H,42,43)/t16?,21?,22-,23?,24+,25-,26+,27?,29-/m1/s1. The fourth-order valence-corrected chi connectivity index (χ4v) is 5.88. The van der Waals surface area contributed by atoms with Gasteiger partial charge in [-0.2, -0.15) is 0 Å². The lowest BCUT2D eigenvalue weighted by Crippen LogP contribution is -2.58. The highest BCUT2D eigenvalue weighted by atomic mass is 19.1. The van der Waals surface area contributed by atoms with E-state index in [1.54, 1.807) is 12.1 Å². The highest BCUT2D eigenvalue weighted by Gasteiger charge is 2.50. The molecule has 0 bridgehead atoms. The summed E-state index contributed by atoms with van der Waals surface area (Å²) >= 11 is 0. The molecule has 6 rings (SSSR count). The van der Waals surface area contributed by atoms with Crippen molar-refractivity contribution >= 4 is 5.97 Å². The van der Waals surface area contributed by atoms with E-state index in [0.717, 1.165) is 4.68 Å². The van der Waals surface area contributed by atoms with Crippen LogP contribution in [0.3, 0.4) is 0 Å². The first-order valence-electron chi connectivity index (χ1n) is 14.2. The first-order valence-corrected chi connectivity index (χ1v) is 14.2. The first-order chi connectivity index (χ1) is 21.6. The number of aliphatic hydroxyl groups excluding tert-OH is 4. The van der Waals surface area contributed by atoms with Crippen LogP contribution in [0.1, 0.15) is 24.9 Å². The monoisotopic (exact) mass is 628 g/mol. The molecule has 16 heteroatoms. The van der Waals surface area contributed by atoms with Crippen LogP contribution in [0.25, 0.3) is 22.5 Å². The van der Waals surface area contributed by atoms with Gasteiger partial charge in [-0.05, 0) is 37.1 Å². The summed E-state index contributed by atoms with van der Waals surface area (Å²) in [4.78, 5) is 12.1. The molecule has 2 aromatic heterocycles. The zero-order chi connectivity index (χ0) is 31.8. The zero-order valence-electron chi connectivity index (χ0n) is 23.5. The fraction of sp³-hybridized carbons (Fsp3) is 0.414. The van der Waals surface area contributed by atoms with E-state index in [9.17, 15) is 39.1 Å². The van der Waals surface area contributed by atoms with Crippen molar-refractivity contribution in [1.29, 1.82) is 0 Å². The number of carbonyl (C=O) groups is 1. The molecule has 2 fully saturated rings. The number of nitrogens with zero attached hydrogens (tertiary/aromatic N) is 6. The van der Waals surface area contributed by atoms with Crippen LogP contribution in [-0.2, 0) is 14.3 Å². The second kappa shape index (κ2) is 12.7. The van der Waals surface area contributed by atoms with Crippen molar-refractivity contribution in [3.8, 4) is 22.5 Å². The van der Waals surface area contributed by atoms with Crippen molar-refractivity contribution in [1.82, 2.24) is 30.0 Å². The average Bonchev–Trinajstić information content (AvgIpc) is 3.70. The van der Waals surface area contributed by atoms with Gasteiger partial charge in [-0.3, -0.25) is 4.79 Å². The molecule has 1 saturated carbocycles. The molecule has 4 unspecified atom stereocenters. The smallest absolute Gasteiger partial charge is 0.306 e. The number of carboxylic acids is 1. The molecule has 3 heterocycles. The van der Waals surface area contributed by atoms with Gasteiger partial charge in [0.25, 0.3) is 0 Å². The van der Waals surface area contributed by atoms with E-state index in [2.05, 4.69) is 20.6 Å². The number of halogens is 2. The van der Waals surface area contributed by atoms with Crippen molar-refractivity contribution < 1.29 is 48.6 Å². The minimum absolute atomic E-state index is 0.0290. The minimum atomic E-state index is -1.63. The molecule has 0 radical (unpaired) electrons. The maximum Gasteiger partial charge on any atom is 0.306 e. The number of aliphatic hydroxyl groups is 4. The van der Waals surface area contributed by atoms with Gasteiger partial charge in [0.2, 0.25) is 0 Å². The van der Waals surface area contributed by atoms with Gasteiger partial charge in [-0.1, -0.05) is 34.7 Å². The molecule has 5 N–H and O–H groups in total. The third kappa shape index (κ3) is 6.20. The highest BCUT2D eigenvalue weighted by molar-refractivity contribution is 5.70. The minimum Gasteiger partial charge on any atom is -0.481 e. The number of benzene rings is 2. The Kier molecular flexibility index (Phi) is 8.67. The summed E-state index contributed by atoms with van der Waals surface area (Å²) in [5.41, 5.74) is 1.38. The molecule has 1 aliphatic carbocycles. The fourth-order valence-electron chi connectivity index (χ4n) is 5.88. The Labute approximate surface area is 254 Å². The number of hydrogen-bond donors (Lipinski definition) is 5. The predicted octanol–water partition coefficient (Wildman–Crippen LogP) is 0.944. The average molecular weight is 629 g/mol. The van der Waals surface area contributed by atoms with E-state index in [-0.39, 0.29) is 18.5 Å². The Morgan fingerprint density at radius 3 is 2.07 bits per heavy atom. The largest absolute Gasteiger partial charge is 0.481 e. The van der Waals surface area contributed by atoms with E-state index in [4.69, 9.17) is 9.47 Å². The molecule has 45 heavy (non-hydrogen) atoms. The van der Waals surface area contributed by atoms with Crippen molar-refractivity contribution in [2.45, 2.75) is 61.7 Å². The molecule has 0 amide bonds. The van der Waals surface area contributed by atoms with Gasteiger partial charge in [0.05, 0.1) is 37.1 Å². The Balaban J connectivity index is 1.25. The van der Waals surface area contributed by atoms with E-state index in [1.165, 1.54) is 53.5 Å². The van der Waals surface area contributed by atoms with E-state index in [1.807, 2.05) is 0 Å². The van der Waals surface area contributed by atoms with Crippen LogP contribution in [0.15, 0.2) is 60.9 Å². The summed E-state index contributed by atoms with van der Waals surface area (Å²) in [7, 11) is 0. The van der Waals surface area contributed by atoms with Crippen LogP contribution in [0.5, 0.6) is 0 Å². The van der Waals surface area contributed by atoms with E-state index >= 15 is 0 Å². The molecule has 238 valence electrons. The molecule has 9 atom stereocenters. The third-order valence-electron chi connectivity index (χ3n) is 8.23. The number of aromatic nitrogens is 6. The normalized spacial score (nSPS) is 30.3. The van der Waals surface area contributed by atoms with Crippen LogP contribution >= 0.6 is 0 Å². The van der Waals surface area contributed by atoms with Gasteiger partial charge in [0.1, 0.15) is 53.5 Å². The highest BCUT2D eigenvalue weighted by Crippen LogP contribution is 2.38. The number of aliphatic carboxylic acids is 1. The Morgan fingerprint density at radius 2 is 1.49 bits per heavy atom. The summed E-state index contributed by atoms with van der Waals surface area (Å²) < 4.78 is 41.7. The van der Waals surface area contributed by atoms with Crippen LogP contribution in [0.2, 0.25) is 0 Å². The Bertz CT molecular complexity index is 1650. The molecule has 2 aliphatic rings. The van der Waals surface area contributed by atoms with Gasteiger partial charge in [0.15, 0.2) is 6.29 Å². The summed E-state index contributed by atoms with van der Waals surface area (Å²) in [6.07, 6.45) is -5.84. The summed E-state index contributed by atoms with van der Waals surface area (Å²) in [6, 6.07) is 9.07. The van der Waals surface area contributed by atoms with Crippen LogP contribution in [0.4, 0.5) is 8.78 Å². The molecule has 1 saturated heterocycles. The number of ether oxygens (including phenoxy) is 2. The van der Waals surface area contributed by atoms with Gasteiger partial charge < -0.3 is 35.0 Å². The lowest BCUT2D eigenvalue weighted by Gasteiger charge is -2.45. The molecule has 2 aromatic carbocycles. The molecule has 1 aliphatic heterocycles. The van der Waals surface area contributed by atoms with Crippen LogP contribution in [0, 0.1) is 17.6 Å². The molecule has 14 nitrogen and oxygen atoms in total. The second-order valence-corrected chi connectivity index (χ2v) is 11.1. The summed E-state index contributed by atoms with van der Waals surface area (Å²) in [5.74, 6) is -3.12. The van der Waals surface area contributed by atoms with E-state index < -0.39 is 79.0 Å². The molecule has 4 aromatic rings. The Hall–Kier alpha value is -4.19. The quantitative estimate of drug-likeness (QED) is 0.185. The van der Waals surface area contributed by atoms with Crippen molar-refractivity contribution in [2.24, 2.45) is 5.92 Å². The third-order valence-corrected chi connectivity index (χ3v) is 8.23. The zero-order valence-corrected chi connectivity index (χ0v) is 23.5. The van der Waals surface area contributed by atoms with Gasteiger partial charge in [-0.25, -0.2) is 18.1 Å². The van der Waals surface area contributed by atoms with E-state index in [0.29, 0.717) is 16.8 Å².